The molecule has 0 spiro atoms. The highest BCUT2D eigenvalue weighted by Crippen LogP contribution is 2.21. The second-order valence-electron chi connectivity index (χ2n) is 7.58. The fourth-order valence-electron chi connectivity index (χ4n) is 3.21. The van der Waals surface area contributed by atoms with Crippen molar-refractivity contribution in [2.24, 2.45) is 17.6 Å². The molecule has 5 atom stereocenters. The fourth-order valence-corrected chi connectivity index (χ4v) is 3.21. The van der Waals surface area contributed by atoms with Gasteiger partial charge < -0.3 is 26.4 Å². The molecule has 3 amide bonds. The summed E-state index contributed by atoms with van der Waals surface area (Å²) in [5.41, 5.74) is 6.00. The summed E-state index contributed by atoms with van der Waals surface area (Å²) in [5.74, 6) is -2.49. The van der Waals surface area contributed by atoms with E-state index in [1.54, 1.807) is 0 Å². The first-order valence-electron chi connectivity index (χ1n) is 9.99. The van der Waals surface area contributed by atoms with Crippen molar-refractivity contribution >= 4 is 23.7 Å². The number of hydrogen-bond acceptors (Lipinski definition) is 5. The quantitative estimate of drug-likeness (QED) is 0.411. The molecule has 0 saturated carbocycles. The molecular formula is C19H34N4O5. The van der Waals surface area contributed by atoms with Gasteiger partial charge in [-0.15, -0.1) is 0 Å². The predicted molar refractivity (Wildman–Crippen MR) is 104 cm³/mol. The van der Waals surface area contributed by atoms with Gasteiger partial charge in [0.15, 0.2) is 0 Å². The zero-order valence-electron chi connectivity index (χ0n) is 17.2. The van der Waals surface area contributed by atoms with Crippen LogP contribution in [-0.4, -0.2) is 64.9 Å². The molecule has 0 aliphatic carbocycles. The average molecular weight is 399 g/mol. The van der Waals surface area contributed by atoms with Crippen LogP contribution in [0.4, 0.5) is 0 Å². The average Bonchev–Trinajstić information content (AvgIpc) is 3.17. The number of nitrogens with zero attached hydrogens (tertiary/aromatic N) is 1. The first kappa shape index (κ1) is 23.9. The number of carbonyl (C=O) groups excluding carboxylic acids is 3. The van der Waals surface area contributed by atoms with Gasteiger partial charge in [-0.25, -0.2) is 0 Å². The molecule has 1 rings (SSSR count). The number of nitrogens with one attached hydrogen (secondary N) is 2. The molecule has 1 aliphatic heterocycles. The second-order valence-corrected chi connectivity index (χ2v) is 7.58. The number of amides is 3. The molecule has 28 heavy (non-hydrogen) atoms. The Bertz CT molecular complexity index is 583. The molecule has 0 radical (unpaired) electrons. The normalized spacial score (nSPS) is 20.8. The summed E-state index contributed by atoms with van der Waals surface area (Å²) in [6.07, 6.45) is 2.52. The maximum absolute atomic E-state index is 13.2. The van der Waals surface area contributed by atoms with Crippen molar-refractivity contribution < 1.29 is 24.3 Å². The van der Waals surface area contributed by atoms with Crippen LogP contribution in [0.3, 0.4) is 0 Å². The van der Waals surface area contributed by atoms with Crippen molar-refractivity contribution in [1.29, 1.82) is 0 Å². The van der Waals surface area contributed by atoms with E-state index in [-0.39, 0.29) is 23.7 Å². The Morgan fingerprint density at radius 3 is 2.29 bits per heavy atom. The number of carboxylic acid groups (broad SMARTS) is 1. The summed E-state index contributed by atoms with van der Waals surface area (Å²) >= 11 is 0. The van der Waals surface area contributed by atoms with E-state index in [2.05, 4.69) is 10.6 Å². The largest absolute Gasteiger partial charge is 0.480 e. The van der Waals surface area contributed by atoms with Crippen molar-refractivity contribution in [1.82, 2.24) is 15.5 Å². The number of hydrogen-bond donors (Lipinski definition) is 4. The standard InChI is InChI=1S/C19H34N4O5/c1-5-11(3)15(20)18(27)22-16(12(4)6-2)19(28)23-9-7-8-13(23)17(26)21-10-14(24)25/h11-13,15-16H,5-10,20H2,1-4H3,(H,21,26)(H,22,27)(H,24,25). The van der Waals surface area contributed by atoms with Crippen LogP contribution >= 0.6 is 0 Å². The molecule has 9 heteroatoms. The van der Waals surface area contributed by atoms with E-state index < -0.39 is 36.5 Å². The number of likely N-dealkylation sites (tertiary alicyclic amines) is 1. The number of carbonyl (C=O) groups is 4. The van der Waals surface area contributed by atoms with E-state index in [9.17, 15) is 19.2 Å². The van der Waals surface area contributed by atoms with E-state index in [1.165, 1.54) is 4.90 Å². The Morgan fingerprint density at radius 1 is 1.14 bits per heavy atom. The maximum Gasteiger partial charge on any atom is 0.322 e. The highest BCUT2D eigenvalue weighted by Gasteiger charge is 2.39. The molecule has 1 fully saturated rings. The van der Waals surface area contributed by atoms with Crippen molar-refractivity contribution in [3.8, 4) is 0 Å². The van der Waals surface area contributed by atoms with Crippen LogP contribution in [0.25, 0.3) is 0 Å². The van der Waals surface area contributed by atoms with Gasteiger partial charge in [-0.1, -0.05) is 40.5 Å². The summed E-state index contributed by atoms with van der Waals surface area (Å²) in [5, 5.41) is 13.9. The van der Waals surface area contributed by atoms with E-state index >= 15 is 0 Å². The topological polar surface area (TPSA) is 142 Å². The third kappa shape index (κ3) is 6.19. The molecule has 160 valence electrons. The lowest BCUT2D eigenvalue weighted by Crippen LogP contribution is -2.58. The second kappa shape index (κ2) is 11.0. The summed E-state index contributed by atoms with van der Waals surface area (Å²) in [7, 11) is 0. The summed E-state index contributed by atoms with van der Waals surface area (Å²) in [4.78, 5) is 50.1. The Balaban J connectivity index is 2.92. The van der Waals surface area contributed by atoms with Crippen molar-refractivity contribution in [2.45, 2.75) is 71.5 Å². The van der Waals surface area contributed by atoms with Crippen molar-refractivity contribution in [3.05, 3.63) is 0 Å². The minimum Gasteiger partial charge on any atom is -0.480 e. The lowest BCUT2D eigenvalue weighted by atomic mass is 9.95. The SMILES string of the molecule is CCC(C)C(N)C(=O)NC(C(=O)N1CCCC1C(=O)NCC(=O)O)C(C)CC. The molecule has 0 aromatic rings. The minimum atomic E-state index is -1.15. The number of rotatable bonds is 10. The first-order valence-corrected chi connectivity index (χ1v) is 9.99. The number of nitrogens with two attached hydrogens (primary N) is 1. The monoisotopic (exact) mass is 398 g/mol. The smallest absolute Gasteiger partial charge is 0.322 e. The minimum absolute atomic E-state index is 0.0194. The maximum atomic E-state index is 13.2. The van der Waals surface area contributed by atoms with Gasteiger partial charge in [0.1, 0.15) is 18.6 Å². The van der Waals surface area contributed by atoms with Gasteiger partial charge in [-0.2, -0.15) is 0 Å². The van der Waals surface area contributed by atoms with Gasteiger partial charge >= 0.3 is 5.97 Å². The van der Waals surface area contributed by atoms with Crippen molar-refractivity contribution in [2.75, 3.05) is 13.1 Å². The zero-order chi connectivity index (χ0) is 21.4. The van der Waals surface area contributed by atoms with Crippen molar-refractivity contribution in [3.63, 3.8) is 0 Å². The van der Waals surface area contributed by atoms with Crippen LogP contribution in [0.1, 0.15) is 53.4 Å². The summed E-state index contributed by atoms with van der Waals surface area (Å²) < 4.78 is 0. The number of aliphatic carboxylic acids is 1. The van der Waals surface area contributed by atoms with Gasteiger partial charge in [-0.05, 0) is 24.7 Å². The third-order valence-corrected chi connectivity index (χ3v) is 5.59. The van der Waals surface area contributed by atoms with Gasteiger partial charge in [0.25, 0.3) is 0 Å². The van der Waals surface area contributed by atoms with Crippen LogP contribution in [0.15, 0.2) is 0 Å². The van der Waals surface area contributed by atoms with Crippen LogP contribution in [0.5, 0.6) is 0 Å². The van der Waals surface area contributed by atoms with Gasteiger partial charge in [0.05, 0.1) is 6.04 Å². The molecule has 1 saturated heterocycles. The van der Waals surface area contributed by atoms with E-state index in [0.29, 0.717) is 25.8 Å². The number of carboxylic acids is 1. The summed E-state index contributed by atoms with van der Waals surface area (Å²) in [6, 6.07) is -2.21. The Hall–Kier alpha value is -2.16. The Kier molecular flexibility index (Phi) is 9.37. The van der Waals surface area contributed by atoms with Gasteiger partial charge in [0.2, 0.25) is 17.7 Å². The summed E-state index contributed by atoms with van der Waals surface area (Å²) in [6.45, 7) is 7.52. The molecule has 1 aliphatic rings. The molecular weight excluding hydrogens is 364 g/mol. The van der Waals surface area contributed by atoms with E-state index in [4.69, 9.17) is 10.8 Å². The first-order chi connectivity index (χ1) is 13.1. The van der Waals surface area contributed by atoms with Crippen LogP contribution < -0.4 is 16.4 Å². The molecule has 0 bridgehead atoms. The molecule has 5 N–H and O–H groups in total. The molecule has 0 aromatic carbocycles. The van der Waals surface area contributed by atoms with E-state index in [1.807, 2.05) is 27.7 Å². The highest BCUT2D eigenvalue weighted by atomic mass is 16.4. The molecule has 5 unspecified atom stereocenters. The Labute approximate surface area is 166 Å². The van der Waals surface area contributed by atoms with Gasteiger partial charge in [-0.3, -0.25) is 19.2 Å². The Morgan fingerprint density at radius 2 is 1.75 bits per heavy atom. The van der Waals surface area contributed by atoms with Crippen LogP contribution in [0, 0.1) is 11.8 Å². The highest BCUT2D eigenvalue weighted by molar-refractivity contribution is 5.94. The lowest BCUT2D eigenvalue weighted by molar-refractivity contribution is -0.143. The third-order valence-electron chi connectivity index (χ3n) is 5.59. The molecule has 9 nitrogen and oxygen atoms in total. The fraction of sp³-hybridized carbons (Fsp3) is 0.789. The predicted octanol–water partition coefficient (Wildman–Crippen LogP) is 0.0825. The lowest BCUT2D eigenvalue weighted by Gasteiger charge is -2.32. The molecule has 0 aromatic heterocycles. The van der Waals surface area contributed by atoms with Crippen LogP contribution in [-0.2, 0) is 19.2 Å². The molecule has 1 heterocycles. The zero-order valence-corrected chi connectivity index (χ0v) is 17.2. The van der Waals surface area contributed by atoms with Gasteiger partial charge in [0, 0.05) is 6.54 Å². The van der Waals surface area contributed by atoms with Crippen LogP contribution in [0.2, 0.25) is 0 Å². The van der Waals surface area contributed by atoms with E-state index in [0.717, 1.165) is 6.42 Å².